The zero-order valence-corrected chi connectivity index (χ0v) is 11.9. The van der Waals surface area contributed by atoms with Crippen molar-refractivity contribution in [2.45, 2.75) is 2.14 Å². The summed E-state index contributed by atoms with van der Waals surface area (Å²) in [6.07, 6.45) is 1.46. The maximum atomic E-state index is 11.1. The lowest BCUT2D eigenvalue weighted by Crippen LogP contribution is -2.05. The van der Waals surface area contributed by atoms with E-state index in [1.54, 1.807) is 12.1 Å². The molecule has 0 N–H and O–H groups in total. The molecule has 0 radical (unpaired) electrons. The van der Waals surface area contributed by atoms with Crippen molar-refractivity contribution in [3.05, 3.63) is 29.6 Å². The molecule has 0 bridgehead atoms. The minimum Gasteiger partial charge on any atom is -0.465 e. The standard InChI is InChI=1S/C8H6Br3NO2/c1-14-7(13)5-2-3-6(12-4-5)8(9,10)11/h2-4H,1H3. The summed E-state index contributed by atoms with van der Waals surface area (Å²) in [5.74, 6) is -0.395. The van der Waals surface area contributed by atoms with E-state index in [0.29, 0.717) is 11.3 Å². The first-order chi connectivity index (χ1) is 6.45. The van der Waals surface area contributed by atoms with Gasteiger partial charge in [0.1, 0.15) is 0 Å². The van der Waals surface area contributed by atoms with E-state index in [4.69, 9.17) is 0 Å². The van der Waals surface area contributed by atoms with Gasteiger partial charge in [0.15, 0.2) is 2.14 Å². The van der Waals surface area contributed by atoms with Crippen LogP contribution in [0, 0.1) is 0 Å². The normalized spacial score (nSPS) is 11.1. The van der Waals surface area contributed by atoms with Crippen molar-refractivity contribution >= 4 is 53.8 Å². The summed E-state index contributed by atoms with van der Waals surface area (Å²) in [5.41, 5.74) is 1.14. The van der Waals surface area contributed by atoms with Gasteiger partial charge in [-0.05, 0) is 12.1 Å². The first kappa shape index (κ1) is 12.1. The molecule has 76 valence electrons. The zero-order chi connectivity index (χ0) is 10.8. The number of nitrogens with zero attached hydrogens (tertiary/aromatic N) is 1. The minimum atomic E-state index is -0.554. The van der Waals surface area contributed by atoms with E-state index in [2.05, 4.69) is 57.5 Å². The molecule has 0 aromatic carbocycles. The highest BCUT2D eigenvalue weighted by molar-refractivity contribution is 9.38. The Hall–Kier alpha value is 0.0600. The highest BCUT2D eigenvalue weighted by Crippen LogP contribution is 2.43. The highest BCUT2D eigenvalue weighted by atomic mass is 80.0. The van der Waals surface area contributed by atoms with E-state index in [1.807, 2.05) is 0 Å². The quantitative estimate of drug-likeness (QED) is 0.549. The molecular formula is C8H6Br3NO2. The van der Waals surface area contributed by atoms with Crippen LogP contribution in [0.5, 0.6) is 0 Å². The third-order valence-corrected chi connectivity index (χ3v) is 2.69. The Bertz CT molecular complexity index is 331. The summed E-state index contributed by atoms with van der Waals surface area (Å²) in [6, 6.07) is 3.36. The molecule has 1 rings (SSSR count). The smallest absolute Gasteiger partial charge is 0.339 e. The van der Waals surface area contributed by atoms with Crippen molar-refractivity contribution < 1.29 is 9.53 Å². The average molecular weight is 388 g/mol. The fourth-order valence-electron chi connectivity index (χ4n) is 0.800. The third kappa shape index (κ3) is 3.03. The van der Waals surface area contributed by atoms with Gasteiger partial charge >= 0.3 is 5.97 Å². The molecule has 0 saturated carbocycles. The van der Waals surface area contributed by atoms with Gasteiger partial charge in [0.2, 0.25) is 0 Å². The number of aromatic nitrogens is 1. The van der Waals surface area contributed by atoms with E-state index < -0.39 is 8.11 Å². The average Bonchev–Trinajstić information content (AvgIpc) is 2.15. The first-order valence-corrected chi connectivity index (χ1v) is 5.94. The number of esters is 1. The molecule has 6 heteroatoms. The molecule has 0 aliphatic carbocycles. The van der Waals surface area contributed by atoms with Gasteiger partial charge in [-0.15, -0.1) is 0 Å². The second-order valence-corrected chi connectivity index (χ2v) is 9.18. The summed E-state index contributed by atoms with van der Waals surface area (Å²) in [4.78, 5) is 15.2. The van der Waals surface area contributed by atoms with Gasteiger partial charge in [-0.2, -0.15) is 0 Å². The number of ether oxygens (including phenoxy) is 1. The molecule has 0 aliphatic heterocycles. The molecule has 1 aromatic heterocycles. The number of pyridine rings is 1. The second kappa shape index (κ2) is 4.72. The van der Waals surface area contributed by atoms with Crippen molar-refractivity contribution in [2.24, 2.45) is 0 Å². The van der Waals surface area contributed by atoms with Gasteiger partial charge < -0.3 is 4.74 Å². The molecule has 0 saturated heterocycles. The number of hydrogen-bond acceptors (Lipinski definition) is 3. The number of methoxy groups -OCH3 is 1. The van der Waals surface area contributed by atoms with Crippen molar-refractivity contribution in [1.29, 1.82) is 0 Å². The summed E-state index contributed by atoms with van der Waals surface area (Å²) in [5, 5.41) is 0. The Morgan fingerprint density at radius 1 is 1.43 bits per heavy atom. The predicted octanol–water partition coefficient (Wildman–Crippen LogP) is 3.16. The Morgan fingerprint density at radius 2 is 2.07 bits per heavy atom. The van der Waals surface area contributed by atoms with Crippen LogP contribution in [0.3, 0.4) is 0 Å². The summed E-state index contributed by atoms with van der Waals surface area (Å²) < 4.78 is 3.99. The van der Waals surface area contributed by atoms with Crippen molar-refractivity contribution in [2.75, 3.05) is 7.11 Å². The second-order valence-electron chi connectivity index (χ2n) is 2.42. The van der Waals surface area contributed by atoms with Crippen LogP contribution in [0.1, 0.15) is 16.1 Å². The Morgan fingerprint density at radius 3 is 2.43 bits per heavy atom. The first-order valence-electron chi connectivity index (χ1n) is 3.56. The third-order valence-electron chi connectivity index (χ3n) is 1.48. The molecular weight excluding hydrogens is 382 g/mol. The lowest BCUT2D eigenvalue weighted by atomic mass is 10.2. The predicted molar refractivity (Wildman–Crippen MR) is 64.0 cm³/mol. The molecule has 0 aliphatic rings. The molecule has 0 spiro atoms. The van der Waals surface area contributed by atoms with Gasteiger partial charge in [-0.3, -0.25) is 4.98 Å². The van der Waals surface area contributed by atoms with Crippen LogP contribution < -0.4 is 0 Å². The molecule has 0 atom stereocenters. The van der Waals surface area contributed by atoms with Crippen molar-refractivity contribution in [1.82, 2.24) is 4.98 Å². The van der Waals surface area contributed by atoms with E-state index >= 15 is 0 Å². The zero-order valence-electron chi connectivity index (χ0n) is 7.13. The molecule has 3 nitrogen and oxygen atoms in total. The van der Waals surface area contributed by atoms with Crippen LogP contribution in [-0.2, 0) is 6.88 Å². The number of hydrogen-bond donors (Lipinski definition) is 0. The topological polar surface area (TPSA) is 39.2 Å². The fraction of sp³-hybridized carbons (Fsp3) is 0.250. The van der Waals surface area contributed by atoms with Gasteiger partial charge in [0.25, 0.3) is 0 Å². The van der Waals surface area contributed by atoms with Crippen LogP contribution >= 0.6 is 47.8 Å². The lowest BCUT2D eigenvalue weighted by Gasteiger charge is -2.10. The highest BCUT2D eigenvalue weighted by Gasteiger charge is 2.22. The number of halogens is 3. The van der Waals surface area contributed by atoms with Gasteiger partial charge in [0, 0.05) is 6.20 Å². The van der Waals surface area contributed by atoms with E-state index in [9.17, 15) is 4.79 Å². The Labute approximate surface area is 107 Å². The number of rotatable bonds is 1. The van der Waals surface area contributed by atoms with Crippen LogP contribution in [0.15, 0.2) is 18.3 Å². The van der Waals surface area contributed by atoms with Crippen LogP contribution in [0.25, 0.3) is 0 Å². The summed E-state index contributed by atoms with van der Waals surface area (Å²) in [6.45, 7) is 0. The fourth-order valence-corrected chi connectivity index (χ4v) is 1.50. The SMILES string of the molecule is COC(=O)c1ccc(C(Br)(Br)Br)nc1. The summed E-state index contributed by atoms with van der Waals surface area (Å²) >= 11 is 9.96. The van der Waals surface area contributed by atoms with Crippen molar-refractivity contribution in [3.8, 4) is 0 Å². The maximum absolute atomic E-state index is 11.1. The monoisotopic (exact) mass is 385 g/mol. The van der Waals surface area contributed by atoms with Crippen LogP contribution in [-0.4, -0.2) is 18.1 Å². The lowest BCUT2D eigenvalue weighted by molar-refractivity contribution is 0.0600. The van der Waals surface area contributed by atoms with E-state index in [0.717, 1.165) is 0 Å². The molecule has 14 heavy (non-hydrogen) atoms. The number of carbonyl (C=O) groups excluding carboxylic acids is 1. The molecule has 0 fully saturated rings. The van der Waals surface area contributed by atoms with E-state index in [-0.39, 0.29) is 0 Å². The van der Waals surface area contributed by atoms with E-state index in [1.165, 1.54) is 13.3 Å². The van der Waals surface area contributed by atoms with Gasteiger partial charge in [0.05, 0.1) is 18.4 Å². The van der Waals surface area contributed by atoms with Crippen LogP contribution in [0.4, 0.5) is 0 Å². The molecule has 1 heterocycles. The minimum absolute atomic E-state index is 0.395. The molecule has 1 aromatic rings. The maximum Gasteiger partial charge on any atom is 0.339 e. The molecule has 0 amide bonds. The summed E-state index contributed by atoms with van der Waals surface area (Å²) in [7, 11) is 1.33. The van der Waals surface area contributed by atoms with Gasteiger partial charge in [-0.25, -0.2) is 4.79 Å². The van der Waals surface area contributed by atoms with Gasteiger partial charge in [-0.1, -0.05) is 47.8 Å². The van der Waals surface area contributed by atoms with Crippen molar-refractivity contribution in [3.63, 3.8) is 0 Å². The number of carbonyl (C=O) groups is 1. The Balaban J connectivity index is 2.95. The Kier molecular flexibility index (Phi) is 4.09. The van der Waals surface area contributed by atoms with Crippen LogP contribution in [0.2, 0.25) is 0 Å². The number of alkyl halides is 3. The largest absolute Gasteiger partial charge is 0.465 e. The molecule has 0 unspecified atom stereocenters.